The molecule has 1 aliphatic heterocycles. The maximum Gasteiger partial charge on any atom is 0.324 e. The molecule has 1 aromatic carbocycles. The zero-order valence-electron chi connectivity index (χ0n) is 24.6. The lowest BCUT2D eigenvalue weighted by Crippen LogP contribution is -2.59. The summed E-state index contributed by atoms with van der Waals surface area (Å²) in [7, 11) is -3.96. The highest BCUT2D eigenvalue weighted by Gasteiger charge is 2.52. The van der Waals surface area contributed by atoms with Crippen molar-refractivity contribution < 1.29 is 33.0 Å². The van der Waals surface area contributed by atoms with Crippen LogP contribution >= 0.6 is 0 Å². The van der Waals surface area contributed by atoms with Gasteiger partial charge in [-0.15, -0.1) is 0 Å². The van der Waals surface area contributed by atoms with Crippen LogP contribution in [0, 0.1) is 17.8 Å². The van der Waals surface area contributed by atoms with Crippen LogP contribution in [0.15, 0.2) is 41.8 Å². The number of aliphatic hydroxyl groups is 2. The predicted octanol–water partition coefficient (Wildman–Crippen LogP) is 1.47. The molecule has 6 N–H and O–H groups in total. The highest BCUT2D eigenvalue weighted by molar-refractivity contribution is 7.89. The lowest BCUT2D eigenvalue weighted by molar-refractivity contribution is -0.137. The van der Waals surface area contributed by atoms with Gasteiger partial charge in [0, 0.05) is 12.1 Å². The third-order valence-electron chi connectivity index (χ3n) is 9.53. The normalized spacial score (nSPS) is 32.1. The van der Waals surface area contributed by atoms with Crippen LogP contribution in [0.5, 0.6) is 0 Å². The molecule has 0 radical (unpaired) electrons. The van der Waals surface area contributed by atoms with E-state index in [2.05, 4.69) is 35.6 Å². The molecule has 15 nitrogen and oxygen atoms in total. The van der Waals surface area contributed by atoms with E-state index in [0.717, 1.165) is 19.3 Å². The largest absolute Gasteiger partial charge is 0.387 e. The Hall–Kier alpha value is -3.70. The molecule has 8 rings (SSSR count). The Balaban J connectivity index is 1.08. The average Bonchev–Trinajstić information content (AvgIpc) is 3.53. The number of aromatic nitrogens is 4. The molecule has 3 aromatic rings. The summed E-state index contributed by atoms with van der Waals surface area (Å²) in [5.74, 6) is 1.11. The molecule has 4 atom stereocenters. The smallest absolute Gasteiger partial charge is 0.324 e. The first kappa shape index (κ1) is 30.0. The van der Waals surface area contributed by atoms with Gasteiger partial charge in [-0.1, -0.05) is 12.1 Å². The van der Waals surface area contributed by atoms with E-state index in [-0.39, 0.29) is 27.6 Å². The second kappa shape index (κ2) is 11.3. The van der Waals surface area contributed by atoms with E-state index in [9.17, 15) is 28.2 Å². The Morgan fingerprint density at radius 2 is 1.69 bits per heavy atom. The van der Waals surface area contributed by atoms with Gasteiger partial charge in [-0.2, -0.15) is 0 Å². The summed E-state index contributed by atoms with van der Waals surface area (Å²) >= 11 is 0. The van der Waals surface area contributed by atoms with Crippen molar-refractivity contribution in [2.24, 2.45) is 17.8 Å². The SMILES string of the molecule is CCNC(=O)[C@H]1O[C@@H](n2cnc3c(NC(=O)Nc4ccccc4S(=O)(=O)NC45CC6CC(CC(C6)C4)C5)ncnc32)[C@H](O)[C@@H]1O. The molecule has 4 aliphatic carbocycles. The second-order valence-corrected chi connectivity index (χ2v) is 14.4. The number of fused-ring (bicyclic) bond motifs is 1. The van der Waals surface area contributed by atoms with Crippen molar-refractivity contribution in [2.75, 3.05) is 17.2 Å². The second-order valence-electron chi connectivity index (χ2n) is 12.7. The number of urea groups is 1. The van der Waals surface area contributed by atoms with Crippen LogP contribution in [0.1, 0.15) is 51.7 Å². The number of carbonyl (C=O) groups excluding carboxylic acids is 2. The van der Waals surface area contributed by atoms with E-state index in [0.29, 0.717) is 24.3 Å². The van der Waals surface area contributed by atoms with Gasteiger partial charge in [0.05, 0.1) is 12.0 Å². The summed E-state index contributed by atoms with van der Waals surface area (Å²) < 4.78 is 37.5. The third-order valence-corrected chi connectivity index (χ3v) is 11.2. The number of benzene rings is 1. The number of amides is 3. The molecule has 240 valence electrons. The first-order valence-electron chi connectivity index (χ1n) is 15.2. The summed E-state index contributed by atoms with van der Waals surface area (Å²) in [5, 5.41) is 28.8. The number of likely N-dealkylation sites (N-methyl/N-ethyl adjacent to an activating group) is 1. The number of aliphatic hydroxyl groups excluding tert-OH is 2. The summed E-state index contributed by atoms with van der Waals surface area (Å²) in [6.07, 6.45) is 3.10. The van der Waals surface area contributed by atoms with Crippen molar-refractivity contribution >= 4 is 44.6 Å². The van der Waals surface area contributed by atoms with Crippen molar-refractivity contribution in [3.05, 3.63) is 36.9 Å². The molecule has 5 fully saturated rings. The number of imidazole rings is 1. The minimum atomic E-state index is -3.96. The van der Waals surface area contributed by atoms with Crippen molar-refractivity contribution in [1.82, 2.24) is 29.6 Å². The minimum absolute atomic E-state index is 0.0107. The number of para-hydroxylation sites is 1. The number of anilines is 2. The topological polar surface area (TPSA) is 210 Å². The Morgan fingerprint density at radius 3 is 2.38 bits per heavy atom. The average molecular weight is 641 g/mol. The number of nitrogens with zero attached hydrogens (tertiary/aromatic N) is 4. The van der Waals surface area contributed by atoms with Gasteiger partial charge in [0.15, 0.2) is 29.3 Å². The maximum absolute atomic E-state index is 13.7. The third kappa shape index (κ3) is 5.43. The van der Waals surface area contributed by atoms with Crippen LogP contribution in [-0.4, -0.2) is 80.5 Å². The predicted molar refractivity (Wildman–Crippen MR) is 160 cm³/mol. The number of ether oxygens (including phenoxy) is 1. The fourth-order valence-electron chi connectivity index (χ4n) is 8.15. The zero-order chi connectivity index (χ0) is 31.5. The number of nitrogens with one attached hydrogen (secondary N) is 4. The van der Waals surface area contributed by atoms with Gasteiger partial charge in [0.25, 0.3) is 5.91 Å². The number of rotatable bonds is 8. The molecule has 1 saturated heterocycles. The lowest BCUT2D eigenvalue weighted by Gasteiger charge is -2.56. The van der Waals surface area contributed by atoms with E-state index < -0.39 is 52.0 Å². The molecule has 0 spiro atoms. The highest BCUT2D eigenvalue weighted by Crippen LogP contribution is 2.56. The molecule has 45 heavy (non-hydrogen) atoms. The Kier molecular flexibility index (Phi) is 7.51. The van der Waals surface area contributed by atoms with E-state index in [4.69, 9.17) is 4.74 Å². The van der Waals surface area contributed by atoms with Crippen molar-refractivity contribution in [2.45, 2.75) is 80.4 Å². The maximum atomic E-state index is 13.7. The Labute approximate surface area is 259 Å². The molecule has 3 heterocycles. The summed E-state index contributed by atoms with van der Waals surface area (Å²) in [6.45, 7) is 2.04. The van der Waals surface area contributed by atoms with E-state index >= 15 is 0 Å². The van der Waals surface area contributed by atoms with Crippen LogP contribution in [0.4, 0.5) is 16.3 Å². The van der Waals surface area contributed by atoms with E-state index in [1.165, 1.54) is 48.6 Å². The summed E-state index contributed by atoms with van der Waals surface area (Å²) in [5.41, 5.74) is -0.0311. The molecule has 16 heteroatoms. The van der Waals surface area contributed by atoms with Gasteiger partial charge in [-0.05, 0) is 75.3 Å². The lowest BCUT2D eigenvalue weighted by atomic mass is 9.53. The van der Waals surface area contributed by atoms with Gasteiger partial charge >= 0.3 is 6.03 Å². The molecular formula is C29H36N8O7S. The molecule has 4 saturated carbocycles. The number of hydrogen-bond donors (Lipinski definition) is 6. The van der Waals surface area contributed by atoms with Crippen molar-refractivity contribution in [3.63, 3.8) is 0 Å². The molecule has 2 aromatic heterocycles. The monoisotopic (exact) mass is 640 g/mol. The molecule has 0 unspecified atom stereocenters. The van der Waals surface area contributed by atoms with Gasteiger partial charge in [0.2, 0.25) is 10.0 Å². The Bertz CT molecular complexity index is 1710. The number of carbonyl (C=O) groups is 2. The quantitative estimate of drug-likeness (QED) is 0.209. The van der Waals surface area contributed by atoms with Crippen LogP contribution in [0.25, 0.3) is 11.2 Å². The van der Waals surface area contributed by atoms with Crippen molar-refractivity contribution in [3.8, 4) is 0 Å². The molecular weight excluding hydrogens is 604 g/mol. The van der Waals surface area contributed by atoms with E-state index in [1.807, 2.05) is 0 Å². The van der Waals surface area contributed by atoms with Gasteiger partial charge in [-0.25, -0.2) is 32.9 Å². The standard InChI is InChI=1S/C29H36N8O7S/c1-2-30-26(40)23-21(38)22(39)27(44-23)37-14-33-20-24(31-13-32-25(20)37)35-28(41)34-18-5-3-4-6-19(18)45(42,43)36-29-10-15-7-16(11-29)9-17(8-15)12-29/h3-6,13-17,21-23,27,36,38-39H,2,7-12H2,1H3,(H,30,40)(H2,31,32,34,35,41)/t15?,16?,17?,21-,22+,23-,27+,29?/m0/s1. The van der Waals surface area contributed by atoms with Gasteiger partial charge in [-0.3, -0.25) is 14.7 Å². The fourth-order valence-corrected chi connectivity index (χ4v) is 9.75. The molecule has 5 aliphatic rings. The van der Waals surface area contributed by atoms with Crippen LogP contribution in [0.2, 0.25) is 0 Å². The highest BCUT2D eigenvalue weighted by atomic mass is 32.2. The zero-order valence-corrected chi connectivity index (χ0v) is 25.4. The van der Waals surface area contributed by atoms with Crippen LogP contribution in [0.3, 0.4) is 0 Å². The first-order chi connectivity index (χ1) is 21.6. The van der Waals surface area contributed by atoms with Crippen LogP contribution in [-0.2, 0) is 19.6 Å². The number of hydrogen-bond acceptors (Lipinski definition) is 10. The van der Waals surface area contributed by atoms with E-state index in [1.54, 1.807) is 19.1 Å². The van der Waals surface area contributed by atoms with Crippen LogP contribution < -0.4 is 20.7 Å². The Morgan fingerprint density at radius 1 is 1.00 bits per heavy atom. The van der Waals surface area contributed by atoms with Gasteiger partial charge < -0.3 is 25.6 Å². The summed E-state index contributed by atoms with van der Waals surface area (Å²) in [6, 6.07) is 5.49. The fraction of sp³-hybridized carbons (Fsp3) is 0.552. The molecule has 3 amide bonds. The van der Waals surface area contributed by atoms with Gasteiger partial charge in [0.1, 0.15) is 23.4 Å². The van der Waals surface area contributed by atoms with Crippen molar-refractivity contribution in [1.29, 1.82) is 0 Å². The first-order valence-corrected chi connectivity index (χ1v) is 16.7. The summed E-state index contributed by atoms with van der Waals surface area (Å²) in [4.78, 5) is 38.0. The molecule has 4 bridgehead atoms. The number of sulfonamides is 1. The minimum Gasteiger partial charge on any atom is -0.387 e.